The first-order valence-corrected chi connectivity index (χ1v) is 9.24. The number of aliphatic hydroxyl groups excluding tert-OH is 1. The van der Waals surface area contributed by atoms with E-state index in [9.17, 15) is 9.90 Å². The van der Waals surface area contributed by atoms with Crippen molar-refractivity contribution in [3.8, 4) is 28.7 Å². The second-order valence-electron chi connectivity index (χ2n) is 7.33. The van der Waals surface area contributed by atoms with Gasteiger partial charge in [-0.25, -0.2) is 0 Å². The van der Waals surface area contributed by atoms with E-state index in [2.05, 4.69) is 5.11 Å². The van der Waals surface area contributed by atoms with E-state index in [1.165, 1.54) is 14.2 Å². The molecule has 0 saturated carbocycles. The molecule has 8 heteroatoms. The number of aromatic hydroxyl groups is 1. The van der Waals surface area contributed by atoms with Crippen molar-refractivity contribution in [1.82, 2.24) is 0 Å². The number of aliphatic hydroxyl groups is 1. The van der Waals surface area contributed by atoms with Gasteiger partial charge in [-0.05, 0) is 41.0 Å². The molecule has 1 fully saturated rings. The topological polar surface area (TPSA) is 104 Å². The number of esters is 1. The molecule has 2 aliphatic heterocycles. The number of cyclic esters (lactones) is 1. The summed E-state index contributed by atoms with van der Waals surface area (Å²) in [6.07, 6.45) is -0.873. The molecule has 0 bridgehead atoms. The first-order chi connectivity index (χ1) is 14.6. The number of hydrogen-bond acceptors (Lipinski definition) is 8. The van der Waals surface area contributed by atoms with Gasteiger partial charge in [-0.15, -0.1) is 0 Å². The van der Waals surface area contributed by atoms with E-state index in [4.69, 9.17) is 25.1 Å². The van der Waals surface area contributed by atoms with Crippen LogP contribution in [0.3, 0.4) is 0 Å². The lowest BCUT2D eigenvalue weighted by molar-refractivity contribution is -0.141. The van der Waals surface area contributed by atoms with Gasteiger partial charge in [0.25, 0.3) is 1.43 Å². The molecular weight excluding hydrogens is 380 g/mol. The summed E-state index contributed by atoms with van der Waals surface area (Å²) in [4.78, 5) is 12.7. The predicted octanol–water partition coefficient (Wildman–Crippen LogP) is 2.11. The molecule has 2 aromatic carbocycles. The van der Waals surface area contributed by atoms with Crippen LogP contribution in [0.1, 0.15) is 28.7 Å². The largest absolute Gasteiger partial charge is 0.502 e. The predicted molar refractivity (Wildman–Crippen MR) is 98.5 cm³/mol. The number of ether oxygens (including phenoxy) is 5. The van der Waals surface area contributed by atoms with Crippen LogP contribution in [-0.2, 0) is 9.53 Å². The Hall–Kier alpha value is -3.13. The zero-order valence-corrected chi connectivity index (χ0v) is 15.8. The molecule has 152 valence electrons. The summed E-state index contributed by atoms with van der Waals surface area (Å²) in [5, 5.41) is 15.7. The highest BCUT2D eigenvalue weighted by Gasteiger charge is 2.52. The maximum absolute atomic E-state index is 12.7. The number of phenolic OH excluding ortho intramolecular Hbond substituents is 1. The van der Waals surface area contributed by atoms with E-state index < -0.39 is 23.9 Å². The number of carbonyl (C=O) groups excluding carboxylic acids is 1. The Bertz CT molecular complexity index is 997. The highest BCUT2D eigenvalue weighted by molar-refractivity contribution is 5.79. The summed E-state index contributed by atoms with van der Waals surface area (Å²) < 4.78 is 34.5. The molecule has 2 heterocycles. The summed E-state index contributed by atoms with van der Waals surface area (Å²) in [6.45, 7) is 0.238. The summed E-state index contributed by atoms with van der Waals surface area (Å²) in [7, 11) is 2.93. The molecule has 0 aromatic heterocycles. The number of hydrogen-bond donors (Lipinski definition) is 2. The second-order valence-corrected chi connectivity index (χ2v) is 7.33. The lowest BCUT2D eigenvalue weighted by Gasteiger charge is -2.37. The average Bonchev–Trinajstić information content (AvgIpc) is 3.38. The van der Waals surface area contributed by atoms with Crippen molar-refractivity contribution in [3.05, 3.63) is 41.0 Å². The minimum Gasteiger partial charge on any atom is -0.502 e. The van der Waals surface area contributed by atoms with Gasteiger partial charge in [-0.2, -0.15) is 0 Å². The molecule has 4 atom stereocenters. The molecule has 1 aliphatic carbocycles. The van der Waals surface area contributed by atoms with Crippen molar-refractivity contribution < 1.29 is 38.7 Å². The summed E-state index contributed by atoms with van der Waals surface area (Å²) in [5.74, 6) is 0.0442. The Balaban J connectivity index is 1.74. The Morgan fingerprint density at radius 3 is 2.31 bits per heavy atom. The van der Waals surface area contributed by atoms with Crippen molar-refractivity contribution in [2.45, 2.75) is 12.0 Å². The van der Waals surface area contributed by atoms with Gasteiger partial charge in [0.15, 0.2) is 23.0 Å². The van der Waals surface area contributed by atoms with Crippen LogP contribution >= 0.6 is 0 Å². The maximum Gasteiger partial charge on any atom is 0.310 e. The van der Waals surface area contributed by atoms with Gasteiger partial charge >= 0.3 is 5.97 Å². The Kier molecular flexibility index (Phi) is 3.73. The Morgan fingerprint density at radius 2 is 1.69 bits per heavy atom. The van der Waals surface area contributed by atoms with Gasteiger partial charge in [-0.1, -0.05) is 0 Å². The highest BCUT2D eigenvalue weighted by Crippen LogP contribution is 2.55. The number of carbonyl (C=O) groups is 1. The van der Waals surface area contributed by atoms with E-state index in [1.54, 1.807) is 24.3 Å². The molecule has 0 radical (unpaired) electrons. The molecule has 5 rings (SSSR count). The van der Waals surface area contributed by atoms with Gasteiger partial charge in [-0.3, -0.25) is 4.79 Å². The van der Waals surface area contributed by atoms with Crippen LogP contribution in [0.4, 0.5) is 0 Å². The van der Waals surface area contributed by atoms with Crippen LogP contribution < -0.4 is 18.9 Å². The fourth-order valence-corrected chi connectivity index (χ4v) is 4.61. The van der Waals surface area contributed by atoms with E-state index >= 15 is 0 Å². The van der Waals surface area contributed by atoms with E-state index in [0.29, 0.717) is 34.1 Å². The van der Waals surface area contributed by atoms with Crippen molar-refractivity contribution >= 4 is 5.97 Å². The number of benzene rings is 2. The monoisotopic (exact) mass is 402 g/mol. The maximum atomic E-state index is 12.7. The third-order valence-corrected chi connectivity index (χ3v) is 5.99. The highest BCUT2D eigenvalue weighted by atomic mass is 16.7. The summed E-state index contributed by atoms with van der Waals surface area (Å²) in [6, 6.07) is 7.00. The first-order valence-electron chi connectivity index (χ1n) is 9.65. The lowest BCUT2D eigenvalue weighted by atomic mass is 9.66. The third-order valence-electron chi connectivity index (χ3n) is 5.99. The molecule has 4 unspecified atom stereocenters. The number of rotatable bonds is 4. The number of fused-ring (bicyclic) bond motifs is 3. The number of phenols is 1. The van der Waals surface area contributed by atoms with Gasteiger partial charge in [0.1, 0.15) is 0 Å². The number of methoxy groups -OCH3 is 2. The van der Waals surface area contributed by atoms with Crippen molar-refractivity contribution in [1.29, 1.82) is 1.43 Å². The van der Waals surface area contributed by atoms with Crippen LogP contribution in [-0.4, -0.2) is 45.2 Å². The fraction of sp³-hybridized carbons (Fsp3) is 0.381. The normalized spacial score (nSPS) is 26.9. The minimum absolute atomic E-state index is 0.102. The standard InChI is InChI=1S/C21H20O8/c1-25-15-3-9(4-16(26-2)20(15)23)17-10-5-13-14(29-8-28-13)6-11(10)19(22)12-7-27-21(24)18(12)17/h3-6,12,17-19,22-23H,7-8H2,1-2H3/i/hT. The molecule has 1 saturated heterocycles. The fourth-order valence-electron chi connectivity index (χ4n) is 4.61. The molecule has 8 nitrogen and oxygen atoms in total. The molecular formula is C21H20O8. The molecule has 2 N–H and O–H groups in total. The lowest BCUT2D eigenvalue weighted by Crippen LogP contribution is -2.34. The zero-order valence-electron chi connectivity index (χ0n) is 16.8. The van der Waals surface area contributed by atoms with Crippen LogP contribution in [0.15, 0.2) is 24.3 Å². The molecule has 0 spiro atoms. The van der Waals surface area contributed by atoms with Crippen LogP contribution in [0.2, 0.25) is 0 Å². The van der Waals surface area contributed by atoms with Gasteiger partial charge in [0, 0.05) is 11.8 Å². The molecule has 0 amide bonds. The smallest absolute Gasteiger partial charge is 0.310 e. The van der Waals surface area contributed by atoms with E-state index in [0.717, 1.165) is 5.56 Å². The van der Waals surface area contributed by atoms with Crippen molar-refractivity contribution in [2.75, 3.05) is 27.6 Å². The Labute approximate surface area is 168 Å². The SMILES string of the molecule is [3H]Oc1c(OC)cc(C2c3cc4c(cc3C(O)C3COC(=O)C23)OCO4)cc1OC. The first kappa shape index (κ1) is 16.8. The second kappa shape index (κ2) is 6.45. The van der Waals surface area contributed by atoms with Crippen molar-refractivity contribution in [2.24, 2.45) is 11.8 Å². The van der Waals surface area contributed by atoms with Crippen LogP contribution in [0, 0.1) is 11.8 Å². The van der Waals surface area contributed by atoms with E-state index in [1.807, 2.05) is 0 Å². The minimum atomic E-state index is -0.873. The van der Waals surface area contributed by atoms with Gasteiger partial charge in [0.05, 0.1) is 32.8 Å². The quantitative estimate of drug-likeness (QED) is 0.750. The summed E-state index contributed by atoms with van der Waals surface area (Å²) in [5.41, 5.74) is 2.13. The van der Waals surface area contributed by atoms with Crippen LogP contribution in [0.5, 0.6) is 28.7 Å². The van der Waals surface area contributed by atoms with Gasteiger partial charge < -0.3 is 33.9 Å². The van der Waals surface area contributed by atoms with Crippen molar-refractivity contribution in [3.63, 3.8) is 0 Å². The molecule has 29 heavy (non-hydrogen) atoms. The van der Waals surface area contributed by atoms with E-state index in [-0.39, 0.29) is 25.1 Å². The van der Waals surface area contributed by atoms with Crippen LogP contribution in [0.25, 0.3) is 0 Å². The molecule has 2 aromatic rings. The zero-order chi connectivity index (χ0) is 21.0. The third kappa shape index (κ3) is 2.52. The molecule has 3 aliphatic rings. The Morgan fingerprint density at radius 1 is 1.03 bits per heavy atom. The van der Waals surface area contributed by atoms with Gasteiger partial charge in [0.2, 0.25) is 12.5 Å². The summed E-state index contributed by atoms with van der Waals surface area (Å²) >= 11 is 0. The average molecular weight is 402 g/mol.